The third kappa shape index (κ3) is 3.03. The minimum atomic E-state index is 0.0998. The van der Waals surface area contributed by atoms with Crippen LogP contribution in [0, 0.1) is 0 Å². The molecular weight excluding hydrogens is 418 g/mol. The lowest BCUT2D eigenvalue weighted by Gasteiger charge is -2.35. The number of nitrogens with zero attached hydrogens (tertiary/aromatic N) is 7. The topological polar surface area (TPSA) is 72.6 Å². The van der Waals surface area contributed by atoms with Crippen LogP contribution in [0.3, 0.4) is 0 Å². The van der Waals surface area contributed by atoms with Crippen LogP contribution in [0.2, 0.25) is 0 Å². The summed E-state index contributed by atoms with van der Waals surface area (Å²) in [5.41, 5.74) is 2.42. The molecule has 7 nitrogen and oxygen atoms in total. The van der Waals surface area contributed by atoms with Crippen molar-refractivity contribution in [2.75, 3.05) is 11.4 Å². The van der Waals surface area contributed by atoms with Crippen LogP contribution in [-0.2, 0) is 19.4 Å². The Morgan fingerprint density at radius 1 is 1.09 bits per heavy atom. The standard InChI is InChI=1S/C24H27N7S/c1-14(2)21-28-29-22-15(3)30(11-12-31(21)22)23-19-17-8-4-5-9-18(17)32-24(19)27-20(26-23)16-7-6-10-25-13-16/h6-7,10,13-15H,4-5,8-9,11-12H2,1-3H3. The van der Waals surface area contributed by atoms with Gasteiger partial charge in [0.15, 0.2) is 11.6 Å². The number of fused-ring (bicyclic) bond motifs is 4. The van der Waals surface area contributed by atoms with Crippen LogP contribution in [0.1, 0.15) is 67.7 Å². The van der Waals surface area contributed by atoms with Gasteiger partial charge in [-0.2, -0.15) is 0 Å². The van der Waals surface area contributed by atoms with Gasteiger partial charge in [-0.15, -0.1) is 21.5 Å². The van der Waals surface area contributed by atoms with Gasteiger partial charge in [-0.25, -0.2) is 9.97 Å². The van der Waals surface area contributed by atoms with E-state index in [-0.39, 0.29) is 6.04 Å². The molecule has 0 saturated heterocycles. The first-order valence-corrected chi connectivity index (χ1v) is 12.4. The molecule has 0 saturated carbocycles. The van der Waals surface area contributed by atoms with Crippen molar-refractivity contribution >= 4 is 27.4 Å². The second-order valence-electron chi connectivity index (χ2n) is 9.10. The Kier molecular flexibility index (Phi) is 4.71. The number of hydrogen-bond donors (Lipinski definition) is 0. The number of pyridine rings is 1. The van der Waals surface area contributed by atoms with Crippen molar-refractivity contribution in [3.05, 3.63) is 46.6 Å². The lowest BCUT2D eigenvalue weighted by molar-refractivity contribution is 0.478. The lowest BCUT2D eigenvalue weighted by Crippen LogP contribution is -2.38. The third-order valence-corrected chi connectivity index (χ3v) is 7.90. The predicted octanol–water partition coefficient (Wildman–Crippen LogP) is 4.93. The molecule has 0 fully saturated rings. The minimum absolute atomic E-state index is 0.0998. The molecule has 1 aliphatic carbocycles. The first kappa shape index (κ1) is 19.8. The Morgan fingerprint density at radius 3 is 2.78 bits per heavy atom. The average Bonchev–Trinajstić information content (AvgIpc) is 3.41. The zero-order valence-electron chi connectivity index (χ0n) is 18.7. The number of anilines is 1. The Balaban J connectivity index is 1.53. The Bertz CT molecular complexity index is 1290. The maximum absolute atomic E-state index is 5.16. The summed E-state index contributed by atoms with van der Waals surface area (Å²) in [4.78, 5) is 19.5. The molecule has 1 unspecified atom stereocenters. The van der Waals surface area contributed by atoms with Crippen molar-refractivity contribution < 1.29 is 0 Å². The molecule has 1 atom stereocenters. The third-order valence-electron chi connectivity index (χ3n) is 6.72. The van der Waals surface area contributed by atoms with E-state index in [4.69, 9.17) is 9.97 Å². The van der Waals surface area contributed by atoms with E-state index < -0.39 is 0 Å². The van der Waals surface area contributed by atoms with Gasteiger partial charge in [-0.05, 0) is 50.3 Å². The summed E-state index contributed by atoms with van der Waals surface area (Å²) in [6.07, 6.45) is 8.42. The van der Waals surface area contributed by atoms with Crippen LogP contribution in [0.25, 0.3) is 21.6 Å². The molecule has 8 heteroatoms. The summed E-state index contributed by atoms with van der Waals surface area (Å²) < 4.78 is 2.30. The smallest absolute Gasteiger partial charge is 0.164 e. The van der Waals surface area contributed by atoms with Gasteiger partial charge < -0.3 is 9.47 Å². The first-order valence-electron chi connectivity index (χ1n) is 11.5. The molecule has 1 aliphatic heterocycles. The maximum atomic E-state index is 5.16. The van der Waals surface area contributed by atoms with Crippen LogP contribution >= 0.6 is 11.3 Å². The van der Waals surface area contributed by atoms with Crippen LogP contribution in [0.15, 0.2) is 24.5 Å². The number of thiophene rings is 1. The molecule has 0 bridgehead atoms. The van der Waals surface area contributed by atoms with Crippen molar-refractivity contribution in [1.82, 2.24) is 29.7 Å². The molecule has 4 aromatic rings. The monoisotopic (exact) mass is 445 g/mol. The van der Waals surface area contributed by atoms with Crippen LogP contribution < -0.4 is 4.90 Å². The maximum Gasteiger partial charge on any atom is 0.164 e. The summed E-state index contributed by atoms with van der Waals surface area (Å²) in [5.74, 6) is 4.26. The van der Waals surface area contributed by atoms with Crippen LogP contribution in [0.5, 0.6) is 0 Å². The van der Waals surface area contributed by atoms with E-state index in [9.17, 15) is 0 Å². The van der Waals surface area contributed by atoms with E-state index >= 15 is 0 Å². The summed E-state index contributed by atoms with van der Waals surface area (Å²) in [6.45, 7) is 8.34. The van der Waals surface area contributed by atoms with Crippen LogP contribution in [-0.4, -0.2) is 36.3 Å². The molecule has 6 rings (SSSR count). The van der Waals surface area contributed by atoms with Gasteiger partial charge in [0.2, 0.25) is 0 Å². The molecule has 0 N–H and O–H groups in total. The number of rotatable bonds is 3. The van der Waals surface area contributed by atoms with Gasteiger partial charge in [0.25, 0.3) is 0 Å². The molecule has 0 aromatic carbocycles. The fraction of sp³-hybridized carbons (Fsp3) is 0.458. The van der Waals surface area contributed by atoms with Gasteiger partial charge in [0.05, 0.1) is 11.4 Å². The van der Waals surface area contributed by atoms with Gasteiger partial charge in [-0.3, -0.25) is 4.98 Å². The summed E-state index contributed by atoms with van der Waals surface area (Å²) >= 11 is 1.85. The van der Waals surface area contributed by atoms with Crippen molar-refractivity contribution in [3.8, 4) is 11.4 Å². The number of aryl methyl sites for hydroxylation is 2. The molecule has 0 amide bonds. The number of hydrogen-bond acceptors (Lipinski definition) is 7. The van der Waals surface area contributed by atoms with Crippen LogP contribution in [0.4, 0.5) is 5.82 Å². The zero-order valence-corrected chi connectivity index (χ0v) is 19.6. The van der Waals surface area contributed by atoms with Crippen molar-refractivity contribution in [3.63, 3.8) is 0 Å². The highest BCUT2D eigenvalue weighted by atomic mass is 32.1. The molecule has 0 spiro atoms. The van der Waals surface area contributed by atoms with Gasteiger partial charge in [0, 0.05) is 41.8 Å². The molecule has 5 heterocycles. The minimum Gasteiger partial charge on any atom is -0.344 e. The van der Waals surface area contributed by atoms with Crippen molar-refractivity contribution in [1.29, 1.82) is 0 Å². The van der Waals surface area contributed by atoms with E-state index in [0.717, 1.165) is 59.6 Å². The Labute approximate surface area is 191 Å². The van der Waals surface area contributed by atoms with E-state index in [1.165, 1.54) is 28.7 Å². The molecule has 2 aliphatic rings. The first-order chi connectivity index (χ1) is 15.6. The van der Waals surface area contributed by atoms with Gasteiger partial charge in [0.1, 0.15) is 16.5 Å². The number of aromatic nitrogens is 6. The van der Waals surface area contributed by atoms with E-state index in [2.05, 4.69) is 45.4 Å². The molecule has 164 valence electrons. The SMILES string of the molecule is CC(C)c1nnc2n1CCN(c1nc(-c3cccnc3)nc3sc4c(c13)CCCC4)C2C. The lowest BCUT2D eigenvalue weighted by atomic mass is 9.96. The van der Waals surface area contributed by atoms with E-state index in [1.807, 2.05) is 29.7 Å². The summed E-state index contributed by atoms with van der Waals surface area (Å²) in [5, 5.41) is 10.4. The fourth-order valence-electron chi connectivity index (χ4n) is 5.09. The molecule has 0 radical (unpaired) electrons. The Morgan fingerprint density at radius 2 is 1.97 bits per heavy atom. The second kappa shape index (κ2) is 7.62. The molecule has 4 aromatic heterocycles. The molecular formula is C24H27N7S. The normalized spacial score (nSPS) is 18.2. The predicted molar refractivity (Wildman–Crippen MR) is 127 cm³/mol. The van der Waals surface area contributed by atoms with Gasteiger partial charge >= 0.3 is 0 Å². The second-order valence-corrected chi connectivity index (χ2v) is 10.2. The van der Waals surface area contributed by atoms with Gasteiger partial charge in [-0.1, -0.05) is 13.8 Å². The highest BCUT2D eigenvalue weighted by Crippen LogP contribution is 2.43. The highest BCUT2D eigenvalue weighted by molar-refractivity contribution is 7.19. The Hall–Kier alpha value is -2.87. The largest absolute Gasteiger partial charge is 0.344 e. The summed E-state index contributed by atoms with van der Waals surface area (Å²) in [6, 6.07) is 4.08. The zero-order chi connectivity index (χ0) is 21.8. The van der Waals surface area contributed by atoms with E-state index in [1.54, 1.807) is 6.20 Å². The van der Waals surface area contributed by atoms with E-state index in [0.29, 0.717) is 5.92 Å². The molecule has 32 heavy (non-hydrogen) atoms. The summed E-state index contributed by atoms with van der Waals surface area (Å²) in [7, 11) is 0. The van der Waals surface area contributed by atoms with Crippen molar-refractivity contribution in [2.24, 2.45) is 0 Å². The average molecular weight is 446 g/mol. The highest BCUT2D eigenvalue weighted by Gasteiger charge is 2.33. The fourth-order valence-corrected chi connectivity index (χ4v) is 6.35. The quantitative estimate of drug-likeness (QED) is 0.445. The van der Waals surface area contributed by atoms with Crippen molar-refractivity contribution in [2.45, 2.75) is 65.0 Å².